The fourth-order valence-electron chi connectivity index (χ4n) is 3.50. The molecule has 0 saturated heterocycles. The number of hydrogen-bond acceptors (Lipinski definition) is 2. The molecule has 0 atom stereocenters. The van der Waals surface area contributed by atoms with E-state index in [1.165, 1.54) is 15.9 Å². The average Bonchev–Trinajstić information content (AvgIpc) is 2.70. The molecule has 0 amide bonds. The zero-order chi connectivity index (χ0) is 18.2. The zero-order valence-electron chi connectivity index (χ0n) is 15.8. The van der Waals surface area contributed by atoms with E-state index in [0.29, 0.717) is 6.42 Å². The van der Waals surface area contributed by atoms with Gasteiger partial charge in [-0.05, 0) is 55.7 Å². The third-order valence-electron chi connectivity index (χ3n) is 4.72. The molecule has 0 aliphatic rings. The molecule has 0 fully saturated rings. The maximum Gasteiger partial charge on any atom is 1.00 e. The van der Waals surface area contributed by atoms with Gasteiger partial charge >= 0.3 is 29.6 Å². The molecule has 0 saturated carbocycles. The van der Waals surface area contributed by atoms with Crippen LogP contribution in [0.1, 0.15) is 19.3 Å². The molecule has 0 aliphatic heterocycles. The van der Waals surface area contributed by atoms with E-state index in [-0.39, 0.29) is 36.0 Å². The molecule has 0 unspecified atom stereocenters. The fraction of sp³-hybridized carbons (Fsp3) is 0.174. The monoisotopic (exact) mass is 385 g/mol. The Hall–Kier alpha value is -1.44. The summed E-state index contributed by atoms with van der Waals surface area (Å²) in [7, 11) is -1.83. The zero-order valence-corrected chi connectivity index (χ0v) is 18.6. The molecule has 4 heteroatoms. The van der Waals surface area contributed by atoms with E-state index < -0.39 is 13.2 Å². The first-order valence-electron chi connectivity index (χ1n) is 8.98. The molecular formula is C23H23NaO2P+. The van der Waals surface area contributed by atoms with Crippen LogP contribution < -0.4 is 50.6 Å². The van der Waals surface area contributed by atoms with Gasteiger partial charge in [-0.3, -0.25) is 0 Å². The second kappa shape index (κ2) is 10.8. The van der Waals surface area contributed by atoms with Crippen LogP contribution in [0.5, 0.6) is 0 Å². The molecule has 3 aromatic carbocycles. The second-order valence-corrected chi connectivity index (χ2v) is 9.99. The Morgan fingerprint density at radius 2 is 1.04 bits per heavy atom. The predicted octanol–water partition coefficient (Wildman–Crippen LogP) is -0.0953. The summed E-state index contributed by atoms with van der Waals surface area (Å²) in [4.78, 5) is 10.8. The summed E-state index contributed by atoms with van der Waals surface area (Å²) in [5.41, 5.74) is 0. The molecule has 0 aromatic heterocycles. The van der Waals surface area contributed by atoms with Crippen LogP contribution in [0, 0.1) is 0 Å². The van der Waals surface area contributed by atoms with Gasteiger partial charge in [-0.25, -0.2) is 0 Å². The first-order chi connectivity index (χ1) is 12.7. The minimum atomic E-state index is -1.83. The normalized spacial score (nSPS) is 10.8. The van der Waals surface area contributed by atoms with Crippen LogP contribution in [-0.4, -0.2) is 12.1 Å². The number of carboxylic acids is 1. The van der Waals surface area contributed by atoms with Crippen molar-refractivity contribution in [2.24, 2.45) is 0 Å². The molecule has 0 N–H and O–H groups in total. The third kappa shape index (κ3) is 5.30. The van der Waals surface area contributed by atoms with Crippen LogP contribution in [0.25, 0.3) is 0 Å². The van der Waals surface area contributed by atoms with Crippen LogP contribution in [0.4, 0.5) is 0 Å². The maximum absolute atomic E-state index is 10.8. The van der Waals surface area contributed by atoms with E-state index in [1.54, 1.807) is 0 Å². The number of aliphatic carboxylic acids is 1. The fourth-order valence-corrected chi connectivity index (χ4v) is 7.91. The number of rotatable bonds is 8. The van der Waals surface area contributed by atoms with Crippen LogP contribution in [-0.2, 0) is 4.79 Å². The Kier molecular flexibility index (Phi) is 8.73. The maximum atomic E-state index is 10.8. The number of hydrogen-bond donors (Lipinski definition) is 0. The molecule has 27 heavy (non-hydrogen) atoms. The summed E-state index contributed by atoms with van der Waals surface area (Å²) in [6, 6.07) is 32.0. The smallest absolute Gasteiger partial charge is 0.550 e. The number of benzene rings is 3. The minimum Gasteiger partial charge on any atom is -0.550 e. The van der Waals surface area contributed by atoms with Crippen molar-refractivity contribution in [2.75, 3.05) is 6.16 Å². The first-order valence-corrected chi connectivity index (χ1v) is 11.0. The number of unbranched alkanes of at least 4 members (excludes halogenated alkanes) is 1. The SMILES string of the molecule is O=C([O-])CCCC[P+](c1ccccc1)(c1ccccc1)c1ccccc1.[Na+]. The van der Waals surface area contributed by atoms with Crippen molar-refractivity contribution in [3.8, 4) is 0 Å². The molecule has 0 bridgehead atoms. The number of carboxylic acid groups (broad SMARTS) is 1. The molecule has 0 spiro atoms. The van der Waals surface area contributed by atoms with Crippen molar-refractivity contribution in [2.45, 2.75) is 19.3 Å². The molecular weight excluding hydrogens is 362 g/mol. The summed E-state index contributed by atoms with van der Waals surface area (Å²) < 4.78 is 0. The topological polar surface area (TPSA) is 40.1 Å². The van der Waals surface area contributed by atoms with Gasteiger partial charge in [0, 0.05) is 5.97 Å². The summed E-state index contributed by atoms with van der Waals surface area (Å²) in [5.74, 6) is -0.965. The van der Waals surface area contributed by atoms with Gasteiger partial charge in [0.2, 0.25) is 0 Å². The predicted molar refractivity (Wildman–Crippen MR) is 109 cm³/mol. The van der Waals surface area contributed by atoms with Crippen LogP contribution in [0.15, 0.2) is 91.0 Å². The number of carbonyl (C=O) groups excluding carboxylic acids is 1. The molecule has 2 nitrogen and oxygen atoms in total. The Balaban J connectivity index is 0.00000261. The second-order valence-electron chi connectivity index (χ2n) is 6.37. The van der Waals surface area contributed by atoms with E-state index in [0.717, 1.165) is 12.6 Å². The summed E-state index contributed by atoms with van der Waals surface area (Å²) in [6.45, 7) is 0. The summed E-state index contributed by atoms with van der Waals surface area (Å²) >= 11 is 0. The first kappa shape index (κ1) is 21.9. The molecule has 132 valence electrons. The van der Waals surface area contributed by atoms with Crippen LogP contribution in [0.2, 0.25) is 0 Å². The molecule has 0 radical (unpaired) electrons. The van der Waals surface area contributed by atoms with Crippen molar-refractivity contribution in [3.05, 3.63) is 91.0 Å². The molecule has 0 aliphatic carbocycles. The van der Waals surface area contributed by atoms with E-state index in [2.05, 4.69) is 72.8 Å². The van der Waals surface area contributed by atoms with Crippen molar-refractivity contribution in [1.29, 1.82) is 0 Å². The average molecular weight is 385 g/mol. The van der Waals surface area contributed by atoms with Crippen LogP contribution in [0.3, 0.4) is 0 Å². The summed E-state index contributed by atoms with van der Waals surface area (Å²) in [5, 5.41) is 14.8. The molecule has 3 aromatic rings. The van der Waals surface area contributed by atoms with Gasteiger partial charge in [0.25, 0.3) is 0 Å². The molecule has 0 heterocycles. The Morgan fingerprint density at radius 3 is 1.37 bits per heavy atom. The van der Waals surface area contributed by atoms with Gasteiger partial charge in [0.15, 0.2) is 0 Å². The Morgan fingerprint density at radius 1 is 0.667 bits per heavy atom. The summed E-state index contributed by atoms with van der Waals surface area (Å²) in [6.07, 6.45) is 2.59. The van der Waals surface area contributed by atoms with Crippen LogP contribution >= 0.6 is 7.26 Å². The van der Waals surface area contributed by atoms with Gasteiger partial charge in [-0.1, -0.05) is 54.6 Å². The molecule has 3 rings (SSSR count). The van der Waals surface area contributed by atoms with E-state index in [4.69, 9.17) is 0 Å². The third-order valence-corrected chi connectivity index (χ3v) is 9.24. The van der Waals surface area contributed by atoms with Gasteiger partial charge in [-0.2, -0.15) is 0 Å². The van der Waals surface area contributed by atoms with Crippen molar-refractivity contribution in [3.63, 3.8) is 0 Å². The van der Waals surface area contributed by atoms with Gasteiger partial charge < -0.3 is 9.90 Å². The van der Waals surface area contributed by atoms with E-state index in [9.17, 15) is 9.90 Å². The standard InChI is InChI=1S/C23H23O2P.Na/c24-23(25)18-10-11-19-26(20-12-4-1-5-13-20,21-14-6-2-7-15-21)22-16-8-3-9-17-22;/h1-9,12-17H,10-11,18-19H2;/q;+1. The van der Waals surface area contributed by atoms with Crippen molar-refractivity contribution in [1.82, 2.24) is 0 Å². The van der Waals surface area contributed by atoms with E-state index >= 15 is 0 Å². The van der Waals surface area contributed by atoms with Gasteiger partial charge in [-0.15, -0.1) is 0 Å². The quantitative estimate of drug-likeness (QED) is 0.309. The number of carbonyl (C=O) groups is 1. The largest absolute Gasteiger partial charge is 1.00 e. The van der Waals surface area contributed by atoms with Gasteiger partial charge in [0.1, 0.15) is 23.2 Å². The van der Waals surface area contributed by atoms with Crippen molar-refractivity contribution < 1.29 is 39.5 Å². The Bertz CT molecular complexity index is 726. The van der Waals surface area contributed by atoms with Gasteiger partial charge in [0.05, 0.1) is 6.16 Å². The Labute approximate surface area is 184 Å². The van der Waals surface area contributed by atoms with Crippen molar-refractivity contribution >= 4 is 29.1 Å². The minimum absolute atomic E-state index is 0. The van der Waals surface area contributed by atoms with E-state index in [1.807, 2.05) is 18.2 Å².